The molecule has 5 nitrogen and oxygen atoms in total. The number of anilines is 1. The zero-order valence-electron chi connectivity index (χ0n) is 15.5. The van der Waals surface area contributed by atoms with Crippen LogP contribution in [-0.4, -0.2) is 41.2 Å². The van der Waals surface area contributed by atoms with Gasteiger partial charge in [0.2, 0.25) is 5.91 Å². The van der Waals surface area contributed by atoms with E-state index < -0.39 is 6.29 Å². The number of allylic oxidation sites excluding steroid dienone is 2. The maximum absolute atomic E-state index is 11.7. The van der Waals surface area contributed by atoms with Gasteiger partial charge >= 0.3 is 0 Å². The van der Waals surface area contributed by atoms with Gasteiger partial charge in [0.05, 0.1) is 10.6 Å². The minimum atomic E-state index is -1.50. The number of amides is 1. The lowest BCUT2D eigenvalue weighted by molar-refractivity contribution is -0.125. The summed E-state index contributed by atoms with van der Waals surface area (Å²) in [7, 11) is 3.75. The molecule has 0 radical (unpaired) electrons. The Hall–Kier alpha value is -1.85. The van der Waals surface area contributed by atoms with E-state index in [4.69, 9.17) is 0 Å². The van der Waals surface area contributed by atoms with E-state index in [0.717, 1.165) is 47.5 Å². The summed E-state index contributed by atoms with van der Waals surface area (Å²) in [4.78, 5) is 17.1. The number of rotatable bonds is 5. The Labute approximate surface area is 158 Å². The van der Waals surface area contributed by atoms with Crippen molar-refractivity contribution in [3.8, 4) is 0 Å². The van der Waals surface area contributed by atoms with Crippen LogP contribution >= 0.6 is 11.3 Å². The van der Waals surface area contributed by atoms with E-state index in [2.05, 4.69) is 17.9 Å². The average Bonchev–Trinajstić information content (AvgIpc) is 3.21. The molecule has 0 saturated carbocycles. The number of likely N-dealkylation sites (N-methyl/N-ethyl adjacent to an activating group) is 1. The van der Waals surface area contributed by atoms with Crippen LogP contribution in [0.25, 0.3) is 5.57 Å². The van der Waals surface area contributed by atoms with Gasteiger partial charge in [-0.05, 0) is 50.8 Å². The van der Waals surface area contributed by atoms with Crippen LogP contribution in [0.15, 0.2) is 29.6 Å². The molecule has 1 amide bonds. The van der Waals surface area contributed by atoms with E-state index >= 15 is 0 Å². The molecule has 1 unspecified atom stereocenters. The number of aliphatic hydroxyl groups excluding tert-OH is 1. The van der Waals surface area contributed by atoms with Gasteiger partial charge in [-0.15, -0.1) is 17.1 Å². The van der Waals surface area contributed by atoms with Crippen molar-refractivity contribution in [2.24, 2.45) is 0 Å². The van der Waals surface area contributed by atoms with Crippen LogP contribution in [0.1, 0.15) is 55.1 Å². The Kier molecular flexibility index (Phi) is 5.68. The monoisotopic (exact) mass is 374 g/mol. The molecule has 0 aromatic carbocycles. The van der Waals surface area contributed by atoms with Gasteiger partial charge in [-0.2, -0.15) is 0 Å². The molecule has 3 rings (SSSR count). The van der Waals surface area contributed by atoms with Crippen LogP contribution in [0.5, 0.6) is 0 Å². The Morgan fingerprint density at radius 1 is 1.35 bits per heavy atom. The zero-order chi connectivity index (χ0) is 18.8. The fourth-order valence-corrected chi connectivity index (χ4v) is 4.49. The van der Waals surface area contributed by atoms with E-state index in [1.54, 1.807) is 11.9 Å². The smallest absolute Gasteiger partial charge is 0.226 e. The number of hydrogen-bond acceptors (Lipinski definition) is 5. The van der Waals surface area contributed by atoms with Gasteiger partial charge in [-0.3, -0.25) is 4.79 Å². The first kappa shape index (κ1) is 18.9. The highest BCUT2D eigenvalue weighted by Crippen LogP contribution is 2.39. The molecule has 6 heteroatoms. The molecule has 0 bridgehead atoms. The minimum absolute atomic E-state index is 0.0224. The summed E-state index contributed by atoms with van der Waals surface area (Å²) in [6.07, 6.45) is 7.06. The van der Waals surface area contributed by atoms with Crippen molar-refractivity contribution in [2.45, 2.75) is 51.4 Å². The summed E-state index contributed by atoms with van der Waals surface area (Å²) in [5.74, 6) is 0.145. The van der Waals surface area contributed by atoms with E-state index in [1.807, 2.05) is 24.9 Å². The molecule has 140 valence electrons. The van der Waals surface area contributed by atoms with Crippen LogP contribution in [0, 0.1) is 0 Å². The summed E-state index contributed by atoms with van der Waals surface area (Å²) in [6, 6.07) is 2.05. The fourth-order valence-electron chi connectivity index (χ4n) is 3.38. The molecular weight excluding hydrogens is 348 g/mol. The molecule has 1 aliphatic carbocycles. The molecule has 1 aromatic rings. The van der Waals surface area contributed by atoms with Gasteiger partial charge < -0.3 is 20.0 Å². The van der Waals surface area contributed by atoms with Crippen LogP contribution in [-0.2, 0) is 4.79 Å². The second-order valence-electron chi connectivity index (χ2n) is 6.92. The van der Waals surface area contributed by atoms with Gasteiger partial charge in [0.15, 0.2) is 6.29 Å². The molecule has 1 atom stereocenters. The highest BCUT2D eigenvalue weighted by Gasteiger charge is 2.25. The predicted octanol–water partition coefficient (Wildman–Crippen LogP) is 3.41. The minimum Gasteiger partial charge on any atom is -0.367 e. The number of thiophene rings is 1. The fraction of sp³-hybridized carbons (Fsp3) is 0.500. The molecule has 1 saturated heterocycles. The van der Waals surface area contributed by atoms with E-state index in [-0.39, 0.29) is 11.9 Å². The summed E-state index contributed by atoms with van der Waals surface area (Å²) >= 11 is 1.42. The molecule has 2 N–H and O–H groups in total. The lowest BCUT2D eigenvalue weighted by atomic mass is 10.0. The molecule has 2 aliphatic rings. The number of carbonyl (C=O) groups excluding carboxylic acids is 1. The van der Waals surface area contributed by atoms with Crippen molar-refractivity contribution in [2.75, 3.05) is 19.0 Å². The lowest BCUT2D eigenvalue weighted by Gasteiger charge is -2.26. The predicted molar refractivity (Wildman–Crippen MR) is 105 cm³/mol. The third-order valence-electron chi connectivity index (χ3n) is 5.15. The molecule has 1 aromatic heterocycles. The van der Waals surface area contributed by atoms with E-state index in [1.165, 1.54) is 11.3 Å². The first-order chi connectivity index (χ1) is 12.4. The first-order valence-corrected chi connectivity index (χ1v) is 9.84. The summed E-state index contributed by atoms with van der Waals surface area (Å²) in [5.41, 5.74) is 6.29. The normalized spacial score (nSPS) is 20.2. The second kappa shape index (κ2) is 7.80. The second-order valence-corrected chi connectivity index (χ2v) is 8.00. The third kappa shape index (κ3) is 3.79. The van der Waals surface area contributed by atoms with Crippen molar-refractivity contribution in [1.82, 2.24) is 4.90 Å². The molecule has 26 heavy (non-hydrogen) atoms. The molecule has 2 heterocycles. The van der Waals surface area contributed by atoms with E-state index in [9.17, 15) is 15.0 Å². The van der Waals surface area contributed by atoms with Crippen molar-refractivity contribution in [3.63, 3.8) is 0 Å². The van der Waals surface area contributed by atoms with Crippen molar-refractivity contribution in [3.05, 3.63) is 39.4 Å². The maximum atomic E-state index is 11.7. The van der Waals surface area contributed by atoms with Crippen LogP contribution in [0.4, 0.5) is 5.69 Å². The SMILES string of the molecule is CC(/C=C1\CCC(=O)N1C)N(C)c1cc(C2=C=CCCC2)sc1C(O)O. The standard InChI is InChI=1S/C20H26N2O3S/c1-13(11-15-9-10-18(23)22(15)3)21(2)16-12-17(26-19(16)20(24)25)14-7-5-4-6-8-14/h5,11-13,20,24-25H,4,6,8-10H2,1-3H3/b15-11+. The van der Waals surface area contributed by atoms with Crippen LogP contribution < -0.4 is 4.90 Å². The van der Waals surface area contributed by atoms with Crippen molar-refractivity contribution < 1.29 is 15.0 Å². The summed E-state index contributed by atoms with van der Waals surface area (Å²) in [5, 5.41) is 19.7. The van der Waals surface area contributed by atoms with E-state index in [0.29, 0.717) is 11.3 Å². The highest BCUT2D eigenvalue weighted by atomic mass is 32.1. The first-order valence-electron chi connectivity index (χ1n) is 9.03. The molecule has 1 fully saturated rings. The Morgan fingerprint density at radius 3 is 2.69 bits per heavy atom. The highest BCUT2D eigenvalue weighted by molar-refractivity contribution is 7.13. The molecule has 1 aliphatic heterocycles. The largest absolute Gasteiger partial charge is 0.367 e. The third-order valence-corrected chi connectivity index (χ3v) is 6.37. The number of hydrogen-bond donors (Lipinski definition) is 2. The lowest BCUT2D eigenvalue weighted by Crippen LogP contribution is -2.29. The number of aliphatic hydroxyl groups is 2. The Morgan fingerprint density at radius 2 is 2.12 bits per heavy atom. The van der Waals surface area contributed by atoms with Crippen LogP contribution in [0.2, 0.25) is 0 Å². The van der Waals surface area contributed by atoms with Crippen LogP contribution in [0.3, 0.4) is 0 Å². The number of likely N-dealkylation sites (tertiary alicyclic amines) is 1. The quantitative estimate of drug-likeness (QED) is 0.612. The number of nitrogens with zero attached hydrogens (tertiary/aromatic N) is 2. The number of carbonyl (C=O) groups is 1. The van der Waals surface area contributed by atoms with Gasteiger partial charge in [0.1, 0.15) is 0 Å². The van der Waals surface area contributed by atoms with Gasteiger partial charge in [-0.1, -0.05) is 0 Å². The Balaban J connectivity index is 1.89. The van der Waals surface area contributed by atoms with Gasteiger partial charge in [0.25, 0.3) is 0 Å². The Bertz CT molecular complexity index is 787. The van der Waals surface area contributed by atoms with Gasteiger partial charge in [0, 0.05) is 42.7 Å². The summed E-state index contributed by atoms with van der Waals surface area (Å²) in [6.45, 7) is 2.05. The zero-order valence-corrected chi connectivity index (χ0v) is 16.3. The van der Waals surface area contributed by atoms with Crippen molar-refractivity contribution in [1.29, 1.82) is 0 Å². The molecule has 0 spiro atoms. The topological polar surface area (TPSA) is 64.0 Å². The average molecular weight is 375 g/mol. The summed E-state index contributed by atoms with van der Waals surface area (Å²) < 4.78 is 0. The molecular formula is C20H26N2O3S. The van der Waals surface area contributed by atoms with Crippen molar-refractivity contribution >= 4 is 28.5 Å². The van der Waals surface area contributed by atoms with Gasteiger partial charge in [-0.25, -0.2) is 0 Å². The maximum Gasteiger partial charge on any atom is 0.226 e.